The van der Waals surface area contributed by atoms with Crippen LogP contribution in [0.15, 0.2) is 76.6 Å². The second-order valence-electron chi connectivity index (χ2n) is 7.55. The number of carbonyl (C=O) groups is 2. The van der Waals surface area contributed by atoms with Crippen LogP contribution in [-0.2, 0) is 11.4 Å². The lowest BCUT2D eigenvalue weighted by molar-refractivity contribution is -0.121. The Kier molecular flexibility index (Phi) is 7.17. The van der Waals surface area contributed by atoms with Crippen molar-refractivity contribution in [1.29, 1.82) is 0 Å². The Morgan fingerprint density at radius 2 is 1.89 bits per heavy atom. The van der Waals surface area contributed by atoms with Crippen molar-refractivity contribution in [2.75, 3.05) is 14.2 Å². The molecule has 178 valence electrons. The van der Waals surface area contributed by atoms with Crippen molar-refractivity contribution < 1.29 is 28.6 Å². The number of halogens is 1. The zero-order valence-corrected chi connectivity index (χ0v) is 19.7. The maximum absolute atomic E-state index is 13.5. The minimum absolute atomic E-state index is 0.206. The number of amides is 1. The highest BCUT2D eigenvalue weighted by molar-refractivity contribution is 8.18. The quantitative estimate of drug-likeness (QED) is 0.448. The number of hydrogen-bond donors (Lipinski definition) is 1. The lowest BCUT2D eigenvalue weighted by atomic mass is 10.1. The van der Waals surface area contributed by atoms with Gasteiger partial charge in [0.15, 0.2) is 16.7 Å². The molecule has 1 fully saturated rings. The van der Waals surface area contributed by atoms with Crippen molar-refractivity contribution in [3.63, 3.8) is 0 Å². The first-order valence-electron chi connectivity index (χ1n) is 10.5. The van der Waals surface area contributed by atoms with Crippen molar-refractivity contribution >= 4 is 40.6 Å². The maximum atomic E-state index is 13.5. The molecular formula is C26H21FN2O5S. The summed E-state index contributed by atoms with van der Waals surface area (Å²) in [6, 6.07) is 17.6. The third-order valence-corrected chi connectivity index (χ3v) is 6.18. The number of carboxylic acid groups (broad SMARTS) is 1. The normalized spacial score (nSPS) is 15.6. The molecule has 0 unspecified atom stereocenters. The van der Waals surface area contributed by atoms with E-state index < -0.39 is 11.8 Å². The van der Waals surface area contributed by atoms with Gasteiger partial charge in [0.25, 0.3) is 5.91 Å². The molecule has 3 aromatic rings. The molecule has 1 N–H and O–H groups in total. The van der Waals surface area contributed by atoms with E-state index in [1.54, 1.807) is 55.6 Å². The molecule has 35 heavy (non-hydrogen) atoms. The molecule has 9 heteroatoms. The van der Waals surface area contributed by atoms with Crippen LogP contribution in [0.5, 0.6) is 11.5 Å². The number of carboxylic acids is 1. The van der Waals surface area contributed by atoms with Gasteiger partial charge in [0.2, 0.25) is 0 Å². The van der Waals surface area contributed by atoms with Gasteiger partial charge in [-0.3, -0.25) is 9.69 Å². The first-order chi connectivity index (χ1) is 16.8. The zero-order chi connectivity index (χ0) is 24.9. The summed E-state index contributed by atoms with van der Waals surface area (Å²) >= 11 is 1.20. The van der Waals surface area contributed by atoms with Crippen LogP contribution in [0.4, 0.5) is 10.1 Å². The van der Waals surface area contributed by atoms with E-state index in [9.17, 15) is 14.0 Å². The van der Waals surface area contributed by atoms with Gasteiger partial charge in [-0.1, -0.05) is 24.3 Å². The molecule has 0 aliphatic carbocycles. The van der Waals surface area contributed by atoms with E-state index in [2.05, 4.69) is 4.99 Å². The molecule has 0 bridgehead atoms. The van der Waals surface area contributed by atoms with Gasteiger partial charge in [-0.15, -0.1) is 0 Å². The Morgan fingerprint density at radius 3 is 2.57 bits per heavy atom. The first-order valence-corrected chi connectivity index (χ1v) is 11.3. The second kappa shape index (κ2) is 10.4. The lowest BCUT2D eigenvalue weighted by Crippen LogP contribution is -2.23. The molecule has 1 aliphatic rings. The van der Waals surface area contributed by atoms with E-state index in [1.165, 1.54) is 48.0 Å². The van der Waals surface area contributed by atoms with Crippen molar-refractivity contribution in [2.45, 2.75) is 6.61 Å². The van der Waals surface area contributed by atoms with Crippen LogP contribution >= 0.6 is 11.8 Å². The Hall–Kier alpha value is -4.11. The average molecular weight is 493 g/mol. The highest BCUT2D eigenvalue weighted by Gasteiger charge is 2.30. The van der Waals surface area contributed by atoms with Gasteiger partial charge in [-0.25, -0.2) is 14.2 Å². The number of aromatic carboxylic acids is 1. The molecule has 0 spiro atoms. The number of aliphatic imine (C=N–C) groups is 1. The monoisotopic (exact) mass is 492 g/mol. The largest absolute Gasteiger partial charge is 0.493 e. The van der Waals surface area contributed by atoms with Gasteiger partial charge in [0.05, 0.1) is 23.3 Å². The van der Waals surface area contributed by atoms with Gasteiger partial charge in [-0.2, -0.15) is 0 Å². The van der Waals surface area contributed by atoms with Crippen LogP contribution in [0.2, 0.25) is 0 Å². The molecule has 3 aromatic carbocycles. The molecule has 0 atom stereocenters. The summed E-state index contributed by atoms with van der Waals surface area (Å²) in [5.74, 6) is -0.603. The summed E-state index contributed by atoms with van der Waals surface area (Å²) < 4.78 is 24.8. The SMILES string of the molecule is COc1cc(/C=C2\SC(=Nc3cccc(F)c3)N(C)C2=O)ccc1OCc1ccc(C(=O)O)cc1. The zero-order valence-electron chi connectivity index (χ0n) is 18.9. The molecule has 1 saturated heterocycles. The smallest absolute Gasteiger partial charge is 0.335 e. The summed E-state index contributed by atoms with van der Waals surface area (Å²) in [4.78, 5) is 30.0. The molecule has 1 amide bonds. The Balaban J connectivity index is 1.49. The lowest BCUT2D eigenvalue weighted by Gasteiger charge is -2.12. The average Bonchev–Trinajstić information content (AvgIpc) is 3.11. The van der Waals surface area contributed by atoms with Crippen LogP contribution in [0.1, 0.15) is 21.5 Å². The Labute approximate surface area is 205 Å². The van der Waals surface area contributed by atoms with Gasteiger partial charge in [0.1, 0.15) is 12.4 Å². The van der Waals surface area contributed by atoms with Crippen LogP contribution in [-0.4, -0.2) is 41.2 Å². The van der Waals surface area contributed by atoms with Crippen LogP contribution in [0.25, 0.3) is 6.08 Å². The molecular weight excluding hydrogens is 471 g/mol. The van der Waals surface area contributed by atoms with Crippen molar-refractivity contribution in [3.8, 4) is 11.5 Å². The predicted molar refractivity (Wildman–Crippen MR) is 133 cm³/mol. The number of carbonyl (C=O) groups excluding carboxylic acids is 1. The predicted octanol–water partition coefficient (Wildman–Crippen LogP) is 5.35. The number of amidine groups is 1. The number of ether oxygens (including phenoxy) is 2. The summed E-state index contributed by atoms with van der Waals surface area (Å²) in [6.07, 6.45) is 1.73. The molecule has 0 saturated carbocycles. The molecule has 1 heterocycles. The molecule has 1 aliphatic heterocycles. The van der Waals surface area contributed by atoms with Gasteiger partial charge in [-0.05, 0) is 71.4 Å². The summed E-state index contributed by atoms with van der Waals surface area (Å²) in [6.45, 7) is 0.232. The van der Waals surface area contributed by atoms with Crippen molar-refractivity contribution in [3.05, 3.63) is 94.1 Å². The minimum Gasteiger partial charge on any atom is -0.493 e. The number of likely N-dealkylation sites (N-methyl/N-ethyl adjacent to an activating group) is 1. The fourth-order valence-electron chi connectivity index (χ4n) is 3.26. The third kappa shape index (κ3) is 5.70. The Morgan fingerprint density at radius 1 is 1.11 bits per heavy atom. The topological polar surface area (TPSA) is 88.4 Å². The van der Waals surface area contributed by atoms with E-state index in [0.717, 1.165) is 11.1 Å². The fraction of sp³-hybridized carbons (Fsp3) is 0.115. The van der Waals surface area contributed by atoms with E-state index in [0.29, 0.717) is 27.3 Å². The standard InChI is InChI=1S/C26H21FN2O5S/c1-29-24(30)23(35-26(29)28-20-5-3-4-19(27)14-20)13-17-8-11-21(22(12-17)33-2)34-15-16-6-9-18(10-7-16)25(31)32/h3-14H,15H2,1-2H3,(H,31,32)/b23-13-,28-26?. The van der Waals surface area contributed by atoms with E-state index >= 15 is 0 Å². The highest BCUT2D eigenvalue weighted by atomic mass is 32.2. The van der Waals surface area contributed by atoms with Crippen molar-refractivity contribution in [2.24, 2.45) is 4.99 Å². The Bertz CT molecular complexity index is 1340. The summed E-state index contributed by atoms with van der Waals surface area (Å²) in [7, 11) is 3.14. The van der Waals surface area contributed by atoms with Crippen LogP contribution in [0.3, 0.4) is 0 Å². The number of nitrogens with zero attached hydrogens (tertiary/aromatic N) is 2. The second-order valence-corrected chi connectivity index (χ2v) is 8.56. The number of rotatable bonds is 7. The fourth-order valence-corrected chi connectivity index (χ4v) is 4.24. The van der Waals surface area contributed by atoms with E-state index in [1.807, 2.05) is 0 Å². The van der Waals surface area contributed by atoms with Gasteiger partial charge < -0.3 is 14.6 Å². The van der Waals surface area contributed by atoms with Crippen LogP contribution in [0, 0.1) is 5.82 Å². The first kappa shape index (κ1) is 24.0. The highest BCUT2D eigenvalue weighted by Crippen LogP contribution is 2.35. The third-order valence-electron chi connectivity index (χ3n) is 5.12. The molecule has 0 radical (unpaired) electrons. The summed E-state index contributed by atoms with van der Waals surface area (Å²) in [5, 5.41) is 9.46. The minimum atomic E-state index is -0.985. The number of thioether (sulfide) groups is 1. The number of benzene rings is 3. The van der Waals surface area contributed by atoms with Gasteiger partial charge in [0, 0.05) is 7.05 Å². The number of methoxy groups -OCH3 is 1. The molecule has 7 nitrogen and oxygen atoms in total. The molecule has 0 aromatic heterocycles. The number of hydrogen-bond acceptors (Lipinski definition) is 6. The molecule has 4 rings (SSSR count). The van der Waals surface area contributed by atoms with E-state index in [4.69, 9.17) is 14.6 Å². The van der Waals surface area contributed by atoms with Gasteiger partial charge >= 0.3 is 5.97 Å². The van der Waals surface area contributed by atoms with Crippen molar-refractivity contribution in [1.82, 2.24) is 4.90 Å². The van der Waals surface area contributed by atoms with Crippen LogP contribution < -0.4 is 9.47 Å². The summed E-state index contributed by atoms with van der Waals surface area (Å²) in [5.41, 5.74) is 2.17. The van der Waals surface area contributed by atoms with E-state index in [-0.39, 0.29) is 18.1 Å². The maximum Gasteiger partial charge on any atom is 0.335 e.